The molecule has 0 aliphatic heterocycles. The van der Waals surface area contributed by atoms with Crippen molar-refractivity contribution in [1.82, 2.24) is 0 Å². The molecule has 4 atom stereocenters. The predicted molar refractivity (Wildman–Crippen MR) is 47.1 cm³/mol. The molecule has 72 valence electrons. The number of allylic oxidation sites excluding steroid dienone is 2. The van der Waals surface area contributed by atoms with Crippen LogP contribution >= 0.6 is 23.2 Å². The molecule has 2 fully saturated rings. The van der Waals surface area contributed by atoms with Crippen LogP contribution in [0, 0.1) is 23.7 Å². The van der Waals surface area contributed by atoms with Gasteiger partial charge in [0.2, 0.25) is 0 Å². The normalized spacial score (nSPS) is 53.2. The van der Waals surface area contributed by atoms with E-state index >= 15 is 0 Å². The zero-order valence-electron chi connectivity index (χ0n) is 6.68. The first-order valence-electron chi connectivity index (χ1n) is 4.40. The largest absolute Gasteiger partial charge is 0.284 e. The molecular formula is C9H8Cl2F2. The number of halogens is 4. The summed E-state index contributed by atoms with van der Waals surface area (Å²) in [4.78, 5) is 0. The SMILES string of the molecule is FC1(F)C2C3C=CC(C3)C2C1(Cl)Cl. The molecule has 4 heteroatoms. The Hall–Kier alpha value is 0.180. The van der Waals surface area contributed by atoms with Crippen LogP contribution in [-0.2, 0) is 0 Å². The summed E-state index contributed by atoms with van der Waals surface area (Å²) in [7, 11) is 0. The van der Waals surface area contributed by atoms with E-state index in [-0.39, 0.29) is 17.8 Å². The van der Waals surface area contributed by atoms with Gasteiger partial charge in [0.05, 0.1) is 0 Å². The quantitative estimate of drug-likeness (QED) is 0.438. The fourth-order valence-electron chi connectivity index (χ4n) is 3.16. The molecule has 0 aromatic carbocycles. The van der Waals surface area contributed by atoms with Crippen LogP contribution in [0.1, 0.15) is 6.42 Å². The minimum Gasteiger partial charge on any atom is -0.203 e. The fourth-order valence-corrected chi connectivity index (χ4v) is 4.01. The van der Waals surface area contributed by atoms with Crippen LogP contribution in [0.3, 0.4) is 0 Å². The third-order valence-electron chi connectivity index (χ3n) is 3.74. The van der Waals surface area contributed by atoms with Crippen LogP contribution in [0.25, 0.3) is 0 Å². The summed E-state index contributed by atoms with van der Waals surface area (Å²) in [5, 5.41) is 0. The molecular weight excluding hydrogens is 217 g/mol. The Morgan fingerprint density at radius 2 is 1.62 bits per heavy atom. The van der Waals surface area contributed by atoms with Crippen molar-refractivity contribution in [2.45, 2.75) is 16.7 Å². The molecule has 13 heavy (non-hydrogen) atoms. The van der Waals surface area contributed by atoms with E-state index in [4.69, 9.17) is 23.2 Å². The summed E-state index contributed by atoms with van der Waals surface area (Å²) in [6.07, 6.45) is 4.69. The van der Waals surface area contributed by atoms with Gasteiger partial charge in [0.1, 0.15) is 0 Å². The number of hydrogen-bond donors (Lipinski definition) is 0. The van der Waals surface area contributed by atoms with Crippen molar-refractivity contribution in [2.24, 2.45) is 23.7 Å². The van der Waals surface area contributed by atoms with E-state index in [2.05, 4.69) is 0 Å². The Bertz CT molecular complexity index is 270. The van der Waals surface area contributed by atoms with E-state index in [0.717, 1.165) is 6.42 Å². The van der Waals surface area contributed by atoms with Gasteiger partial charge in [-0.25, -0.2) is 8.78 Å². The van der Waals surface area contributed by atoms with Gasteiger partial charge in [-0.15, -0.1) is 0 Å². The molecule has 0 saturated heterocycles. The van der Waals surface area contributed by atoms with Crippen molar-refractivity contribution in [3.05, 3.63) is 12.2 Å². The highest BCUT2D eigenvalue weighted by molar-refractivity contribution is 6.50. The molecule has 0 amide bonds. The molecule has 0 aromatic heterocycles. The third kappa shape index (κ3) is 0.709. The van der Waals surface area contributed by atoms with E-state index in [0.29, 0.717) is 0 Å². The van der Waals surface area contributed by atoms with Crippen molar-refractivity contribution in [3.63, 3.8) is 0 Å². The van der Waals surface area contributed by atoms with E-state index in [1.807, 2.05) is 12.2 Å². The summed E-state index contributed by atoms with van der Waals surface area (Å²) < 4.78 is 25.0. The number of hydrogen-bond acceptors (Lipinski definition) is 0. The number of fused-ring (bicyclic) bond motifs is 5. The van der Waals surface area contributed by atoms with Crippen LogP contribution in [-0.4, -0.2) is 10.3 Å². The van der Waals surface area contributed by atoms with Crippen LogP contribution in [0.5, 0.6) is 0 Å². The van der Waals surface area contributed by atoms with E-state index in [9.17, 15) is 8.78 Å². The van der Waals surface area contributed by atoms with Crippen molar-refractivity contribution < 1.29 is 8.78 Å². The lowest BCUT2D eigenvalue weighted by molar-refractivity contribution is -0.187. The minimum absolute atomic E-state index is 0.00984. The van der Waals surface area contributed by atoms with Gasteiger partial charge in [-0.1, -0.05) is 35.4 Å². The first-order chi connectivity index (χ1) is 5.96. The number of alkyl halides is 4. The van der Waals surface area contributed by atoms with Gasteiger partial charge in [-0.2, -0.15) is 0 Å². The summed E-state index contributed by atoms with van der Waals surface area (Å²) in [5.41, 5.74) is 0. The Balaban J connectivity index is 2.04. The van der Waals surface area contributed by atoms with Gasteiger partial charge < -0.3 is 0 Å². The highest BCUT2D eigenvalue weighted by Crippen LogP contribution is 2.73. The maximum absolute atomic E-state index is 13.4. The summed E-state index contributed by atoms with van der Waals surface area (Å²) >= 11 is 11.3. The smallest absolute Gasteiger partial charge is 0.203 e. The van der Waals surface area contributed by atoms with Gasteiger partial charge in [-0.05, 0) is 18.3 Å². The molecule has 0 nitrogen and oxygen atoms in total. The lowest BCUT2D eigenvalue weighted by Crippen LogP contribution is -2.66. The fraction of sp³-hybridized carbons (Fsp3) is 0.778. The zero-order chi connectivity index (χ0) is 9.43. The summed E-state index contributed by atoms with van der Waals surface area (Å²) in [6, 6.07) is 0. The Kier molecular flexibility index (Phi) is 1.35. The molecule has 0 aromatic rings. The highest BCUT2D eigenvalue weighted by atomic mass is 35.5. The summed E-state index contributed by atoms with van der Waals surface area (Å²) in [5.74, 6) is -3.52. The predicted octanol–water partition coefficient (Wildman–Crippen LogP) is 3.25. The van der Waals surface area contributed by atoms with Crippen molar-refractivity contribution in [2.75, 3.05) is 0 Å². The molecule has 3 aliphatic rings. The lowest BCUT2D eigenvalue weighted by atomic mass is 9.64. The topological polar surface area (TPSA) is 0 Å². The zero-order valence-corrected chi connectivity index (χ0v) is 8.19. The summed E-state index contributed by atoms with van der Waals surface area (Å²) in [6.45, 7) is 0. The van der Waals surface area contributed by atoms with Gasteiger partial charge in [0, 0.05) is 11.8 Å². The standard InChI is InChI=1S/C9H8Cl2F2/c10-8(11)6-4-1-2-5(3-4)7(6)9(8,12)13/h1-2,4-7H,3H2. The third-order valence-corrected chi connectivity index (χ3v) is 4.75. The second-order valence-electron chi connectivity index (χ2n) is 4.25. The Morgan fingerprint density at radius 1 is 1.08 bits per heavy atom. The molecule has 2 saturated carbocycles. The van der Waals surface area contributed by atoms with E-state index in [1.165, 1.54) is 0 Å². The van der Waals surface area contributed by atoms with Crippen LogP contribution in [0.4, 0.5) is 8.78 Å². The van der Waals surface area contributed by atoms with Gasteiger partial charge >= 0.3 is 0 Å². The Labute approximate surface area is 84.9 Å². The van der Waals surface area contributed by atoms with Crippen molar-refractivity contribution in [3.8, 4) is 0 Å². The van der Waals surface area contributed by atoms with Gasteiger partial charge in [0.25, 0.3) is 5.92 Å². The maximum atomic E-state index is 13.4. The number of rotatable bonds is 0. The monoisotopic (exact) mass is 224 g/mol. The van der Waals surface area contributed by atoms with Crippen molar-refractivity contribution >= 4 is 23.2 Å². The molecule has 2 bridgehead atoms. The second kappa shape index (κ2) is 2.06. The van der Waals surface area contributed by atoms with Crippen molar-refractivity contribution in [1.29, 1.82) is 0 Å². The average Bonchev–Trinajstić information content (AvgIpc) is 2.60. The molecule has 3 aliphatic carbocycles. The second-order valence-corrected chi connectivity index (χ2v) is 5.63. The first-order valence-corrected chi connectivity index (χ1v) is 5.16. The molecule has 0 spiro atoms. The van der Waals surface area contributed by atoms with E-state index < -0.39 is 16.2 Å². The average molecular weight is 225 g/mol. The lowest BCUT2D eigenvalue weighted by Gasteiger charge is -2.54. The molecule has 0 radical (unpaired) electrons. The van der Waals surface area contributed by atoms with Crippen LogP contribution in [0.15, 0.2) is 12.2 Å². The first kappa shape index (κ1) is 8.49. The highest BCUT2D eigenvalue weighted by Gasteiger charge is 2.79. The molecule has 4 unspecified atom stereocenters. The molecule has 3 rings (SSSR count). The van der Waals surface area contributed by atoms with Gasteiger partial charge in [0.15, 0.2) is 4.33 Å². The van der Waals surface area contributed by atoms with E-state index in [1.54, 1.807) is 0 Å². The van der Waals surface area contributed by atoms with Gasteiger partial charge in [-0.3, -0.25) is 0 Å². The minimum atomic E-state index is -2.90. The molecule has 0 N–H and O–H groups in total. The Morgan fingerprint density at radius 3 is 2.15 bits per heavy atom. The van der Waals surface area contributed by atoms with Crippen LogP contribution in [0.2, 0.25) is 0 Å². The maximum Gasteiger partial charge on any atom is 0.284 e. The van der Waals surface area contributed by atoms with Crippen LogP contribution < -0.4 is 0 Å². The molecule has 0 heterocycles.